The predicted molar refractivity (Wildman–Crippen MR) is 81.0 cm³/mol. The molecule has 5 nitrogen and oxygen atoms in total. The number of para-hydroxylation sites is 1. The van der Waals surface area contributed by atoms with Gasteiger partial charge in [-0.25, -0.2) is 0 Å². The van der Waals surface area contributed by atoms with Crippen LogP contribution in [0.3, 0.4) is 0 Å². The van der Waals surface area contributed by atoms with Crippen molar-refractivity contribution in [1.82, 2.24) is 25.1 Å². The molecule has 0 saturated carbocycles. The van der Waals surface area contributed by atoms with Gasteiger partial charge in [0.1, 0.15) is 0 Å². The first kappa shape index (κ1) is 13.6. The Kier molecular flexibility index (Phi) is 4.32. The maximum absolute atomic E-state index is 4.19. The molecular formula is C14H19N5S. The second-order valence-electron chi connectivity index (χ2n) is 4.98. The Labute approximate surface area is 123 Å². The van der Waals surface area contributed by atoms with Crippen molar-refractivity contribution in [1.29, 1.82) is 0 Å². The predicted octanol–water partition coefficient (Wildman–Crippen LogP) is 1.99. The van der Waals surface area contributed by atoms with E-state index in [0.717, 1.165) is 36.4 Å². The minimum atomic E-state index is 0.741. The Balaban J connectivity index is 1.74. The molecule has 1 unspecified atom stereocenters. The van der Waals surface area contributed by atoms with Crippen LogP contribution < -0.4 is 0 Å². The summed E-state index contributed by atoms with van der Waals surface area (Å²) in [6, 6.07) is 10.1. The van der Waals surface area contributed by atoms with E-state index >= 15 is 0 Å². The third-order valence-electron chi connectivity index (χ3n) is 3.58. The summed E-state index contributed by atoms with van der Waals surface area (Å²) in [5.41, 5.74) is 1.02. The SMILES string of the molecule is CCC1CN(Cc2nnnn2-c2ccccc2)CCS1. The fourth-order valence-corrected chi connectivity index (χ4v) is 3.69. The molecule has 106 valence electrons. The van der Waals surface area contributed by atoms with Crippen LogP contribution in [0.5, 0.6) is 0 Å². The van der Waals surface area contributed by atoms with Gasteiger partial charge >= 0.3 is 0 Å². The molecule has 1 fully saturated rings. The lowest BCUT2D eigenvalue weighted by molar-refractivity contribution is 0.264. The van der Waals surface area contributed by atoms with E-state index in [1.54, 1.807) is 0 Å². The smallest absolute Gasteiger partial charge is 0.170 e. The fourth-order valence-electron chi connectivity index (χ4n) is 2.45. The van der Waals surface area contributed by atoms with Gasteiger partial charge in [0.05, 0.1) is 12.2 Å². The molecule has 3 rings (SSSR count). The van der Waals surface area contributed by atoms with Crippen LogP contribution in [0.15, 0.2) is 30.3 Å². The molecule has 0 spiro atoms. The quantitative estimate of drug-likeness (QED) is 0.861. The Morgan fingerprint density at radius 3 is 2.95 bits per heavy atom. The summed E-state index contributed by atoms with van der Waals surface area (Å²) in [4.78, 5) is 2.45. The summed E-state index contributed by atoms with van der Waals surface area (Å²) in [7, 11) is 0. The third-order valence-corrected chi connectivity index (χ3v) is 4.95. The van der Waals surface area contributed by atoms with Crippen molar-refractivity contribution in [3.63, 3.8) is 0 Å². The van der Waals surface area contributed by atoms with E-state index in [1.165, 1.54) is 12.2 Å². The monoisotopic (exact) mass is 289 g/mol. The molecule has 0 bridgehead atoms. The highest BCUT2D eigenvalue weighted by molar-refractivity contribution is 8.00. The average molecular weight is 289 g/mol. The highest BCUT2D eigenvalue weighted by Crippen LogP contribution is 2.22. The zero-order valence-corrected chi connectivity index (χ0v) is 12.5. The van der Waals surface area contributed by atoms with E-state index in [9.17, 15) is 0 Å². The number of hydrogen-bond acceptors (Lipinski definition) is 5. The molecule has 20 heavy (non-hydrogen) atoms. The van der Waals surface area contributed by atoms with Crippen molar-refractivity contribution in [3.8, 4) is 5.69 Å². The van der Waals surface area contributed by atoms with Gasteiger partial charge < -0.3 is 0 Å². The fraction of sp³-hybridized carbons (Fsp3) is 0.500. The molecule has 1 aromatic carbocycles. The van der Waals surface area contributed by atoms with Crippen LogP contribution in [0.1, 0.15) is 19.2 Å². The van der Waals surface area contributed by atoms with E-state index in [4.69, 9.17) is 0 Å². The summed E-state index contributed by atoms with van der Waals surface area (Å²) >= 11 is 2.08. The third kappa shape index (κ3) is 3.02. The Bertz CT molecular complexity index is 542. The summed E-state index contributed by atoms with van der Waals surface area (Å²) in [5.74, 6) is 2.11. The second-order valence-corrected chi connectivity index (χ2v) is 6.39. The highest BCUT2D eigenvalue weighted by atomic mass is 32.2. The van der Waals surface area contributed by atoms with Gasteiger partial charge in [-0.2, -0.15) is 16.4 Å². The lowest BCUT2D eigenvalue weighted by atomic mass is 10.3. The highest BCUT2D eigenvalue weighted by Gasteiger charge is 2.21. The Morgan fingerprint density at radius 1 is 1.30 bits per heavy atom. The van der Waals surface area contributed by atoms with Crippen LogP contribution in [0, 0.1) is 0 Å². The van der Waals surface area contributed by atoms with Crippen LogP contribution >= 0.6 is 11.8 Å². The molecule has 0 amide bonds. The van der Waals surface area contributed by atoms with Gasteiger partial charge in [0.2, 0.25) is 0 Å². The van der Waals surface area contributed by atoms with Gasteiger partial charge in [-0.15, -0.1) is 5.10 Å². The van der Waals surface area contributed by atoms with Gasteiger partial charge in [0.15, 0.2) is 5.82 Å². The van der Waals surface area contributed by atoms with Gasteiger partial charge in [-0.1, -0.05) is 25.1 Å². The van der Waals surface area contributed by atoms with Crippen molar-refractivity contribution in [2.24, 2.45) is 0 Å². The van der Waals surface area contributed by atoms with E-state index in [-0.39, 0.29) is 0 Å². The zero-order valence-electron chi connectivity index (χ0n) is 11.6. The molecule has 1 aliphatic heterocycles. The summed E-state index contributed by atoms with van der Waals surface area (Å²) in [5, 5.41) is 12.9. The zero-order chi connectivity index (χ0) is 13.8. The minimum absolute atomic E-state index is 0.741. The number of aromatic nitrogens is 4. The lowest BCUT2D eigenvalue weighted by Crippen LogP contribution is -2.37. The number of nitrogens with zero attached hydrogens (tertiary/aromatic N) is 5. The number of rotatable bonds is 4. The van der Waals surface area contributed by atoms with Gasteiger partial charge in [-0.3, -0.25) is 4.90 Å². The lowest BCUT2D eigenvalue weighted by Gasteiger charge is -2.31. The Hall–Kier alpha value is -1.40. The molecule has 2 aromatic rings. The first-order valence-corrected chi connectivity index (χ1v) is 8.08. The molecule has 1 aromatic heterocycles. The maximum atomic E-state index is 4.19. The van der Waals surface area contributed by atoms with Crippen LogP contribution in [-0.4, -0.2) is 49.2 Å². The van der Waals surface area contributed by atoms with Crippen LogP contribution in [0.2, 0.25) is 0 Å². The Morgan fingerprint density at radius 2 is 2.15 bits per heavy atom. The van der Waals surface area contributed by atoms with Crippen molar-refractivity contribution < 1.29 is 0 Å². The normalized spacial score (nSPS) is 20.1. The second kappa shape index (κ2) is 6.37. The van der Waals surface area contributed by atoms with Gasteiger partial charge in [0, 0.05) is 24.1 Å². The number of tetrazole rings is 1. The van der Waals surface area contributed by atoms with E-state index in [2.05, 4.69) is 39.1 Å². The molecular weight excluding hydrogens is 270 g/mol. The summed E-state index contributed by atoms with van der Waals surface area (Å²) in [6.45, 7) is 5.32. The molecule has 1 saturated heterocycles. The first-order chi connectivity index (χ1) is 9.86. The van der Waals surface area contributed by atoms with Gasteiger partial charge in [0.25, 0.3) is 0 Å². The molecule has 2 heterocycles. The van der Waals surface area contributed by atoms with E-state index < -0.39 is 0 Å². The summed E-state index contributed by atoms with van der Waals surface area (Å²) in [6.07, 6.45) is 1.23. The van der Waals surface area contributed by atoms with Crippen molar-refractivity contribution >= 4 is 11.8 Å². The summed E-state index contributed by atoms with van der Waals surface area (Å²) < 4.78 is 1.84. The molecule has 1 aliphatic rings. The van der Waals surface area contributed by atoms with E-state index in [1.807, 2.05) is 35.0 Å². The van der Waals surface area contributed by atoms with Crippen molar-refractivity contribution in [3.05, 3.63) is 36.2 Å². The standard InChI is InChI=1S/C14H19N5S/c1-2-13-10-18(8-9-20-13)11-14-15-16-17-19(14)12-6-4-3-5-7-12/h3-7,13H,2,8-11H2,1H3. The van der Waals surface area contributed by atoms with E-state index in [0.29, 0.717) is 0 Å². The van der Waals surface area contributed by atoms with Crippen LogP contribution in [0.25, 0.3) is 5.69 Å². The minimum Gasteiger partial charge on any atom is -0.294 e. The molecule has 0 N–H and O–H groups in total. The largest absolute Gasteiger partial charge is 0.294 e. The first-order valence-electron chi connectivity index (χ1n) is 7.03. The van der Waals surface area contributed by atoms with Gasteiger partial charge in [-0.05, 0) is 29.0 Å². The molecule has 0 radical (unpaired) electrons. The molecule has 0 aliphatic carbocycles. The average Bonchev–Trinajstić information content (AvgIpc) is 2.96. The topological polar surface area (TPSA) is 46.8 Å². The number of hydrogen-bond donors (Lipinski definition) is 0. The number of thioether (sulfide) groups is 1. The van der Waals surface area contributed by atoms with Crippen LogP contribution in [0.4, 0.5) is 0 Å². The van der Waals surface area contributed by atoms with Crippen LogP contribution in [-0.2, 0) is 6.54 Å². The molecule has 6 heteroatoms. The van der Waals surface area contributed by atoms with Crippen molar-refractivity contribution in [2.45, 2.75) is 25.1 Å². The number of benzene rings is 1. The maximum Gasteiger partial charge on any atom is 0.170 e. The molecule has 1 atom stereocenters. The van der Waals surface area contributed by atoms with Crippen molar-refractivity contribution in [2.75, 3.05) is 18.8 Å².